The Bertz CT molecular complexity index is 544. The average Bonchev–Trinajstić information content (AvgIpc) is 2.63. The number of benzene rings is 1. The van der Waals surface area contributed by atoms with E-state index < -0.39 is 0 Å². The lowest BCUT2D eigenvalue weighted by Gasteiger charge is -2.07. The fraction of sp³-hybridized carbons (Fsp3) is 0.619. The number of amides is 1. The summed E-state index contributed by atoms with van der Waals surface area (Å²) in [6.45, 7) is 4.56. The fourth-order valence-electron chi connectivity index (χ4n) is 2.74. The number of nitrogens with one attached hydrogen (secondary N) is 1. The minimum absolute atomic E-state index is 0.0336. The molecule has 0 spiro atoms. The largest absolute Gasteiger partial charge is 0.504 e. The summed E-state index contributed by atoms with van der Waals surface area (Å²) >= 11 is 0. The minimum Gasteiger partial charge on any atom is -0.504 e. The molecule has 146 valence electrons. The molecule has 5 heteroatoms. The van der Waals surface area contributed by atoms with Gasteiger partial charge in [-0.3, -0.25) is 4.79 Å². The standard InChI is InChI=1S/C21H34N2O3/c1-3-5-6-7-8-9-10-11-12-16-20(24)23-22-17-18-14-13-15-19(21(18)25)26-4-2/h13-15,17,25H,3-12,16H2,1-2H3,(H,23,24)/b22-17+. The molecule has 26 heavy (non-hydrogen) atoms. The SMILES string of the molecule is CCCCCCCCCCCC(=O)N/N=C/c1cccc(OCC)c1O. The Morgan fingerprint density at radius 2 is 1.73 bits per heavy atom. The van der Waals surface area contributed by atoms with Crippen molar-refractivity contribution >= 4 is 12.1 Å². The Labute approximate surface area is 157 Å². The first-order valence-corrected chi connectivity index (χ1v) is 9.95. The van der Waals surface area contributed by atoms with E-state index in [4.69, 9.17) is 4.74 Å². The molecule has 1 aromatic carbocycles. The number of phenols is 1. The summed E-state index contributed by atoms with van der Waals surface area (Å²) in [7, 11) is 0. The van der Waals surface area contributed by atoms with Crippen LogP contribution in [0.15, 0.2) is 23.3 Å². The lowest BCUT2D eigenvalue weighted by Crippen LogP contribution is -2.16. The summed E-state index contributed by atoms with van der Waals surface area (Å²) in [5.74, 6) is 0.355. The number of nitrogens with zero attached hydrogens (tertiary/aromatic N) is 1. The van der Waals surface area contributed by atoms with Crippen molar-refractivity contribution in [1.82, 2.24) is 5.43 Å². The molecule has 0 aromatic heterocycles. The molecule has 0 heterocycles. The Morgan fingerprint density at radius 1 is 1.08 bits per heavy atom. The van der Waals surface area contributed by atoms with Gasteiger partial charge in [-0.1, -0.05) is 64.4 Å². The molecule has 0 fully saturated rings. The van der Waals surface area contributed by atoms with Gasteiger partial charge in [0.05, 0.1) is 12.8 Å². The monoisotopic (exact) mass is 362 g/mol. The molecule has 0 aliphatic rings. The summed E-state index contributed by atoms with van der Waals surface area (Å²) in [5, 5.41) is 14.0. The van der Waals surface area contributed by atoms with Crippen molar-refractivity contribution in [3.63, 3.8) is 0 Å². The first kappa shape index (κ1) is 22.0. The van der Waals surface area contributed by atoms with E-state index in [2.05, 4.69) is 17.5 Å². The molecule has 1 amide bonds. The van der Waals surface area contributed by atoms with Crippen LogP contribution in [0.4, 0.5) is 0 Å². The van der Waals surface area contributed by atoms with Crippen LogP contribution in [0, 0.1) is 0 Å². The maximum atomic E-state index is 11.8. The van der Waals surface area contributed by atoms with Gasteiger partial charge >= 0.3 is 0 Å². The number of carbonyl (C=O) groups excluding carboxylic acids is 1. The van der Waals surface area contributed by atoms with Crippen LogP contribution in [0.25, 0.3) is 0 Å². The molecule has 0 saturated carbocycles. The number of para-hydroxylation sites is 1. The van der Waals surface area contributed by atoms with E-state index in [-0.39, 0.29) is 11.7 Å². The number of unbranched alkanes of at least 4 members (excludes halogenated alkanes) is 8. The number of hydrogen-bond donors (Lipinski definition) is 2. The van der Waals surface area contributed by atoms with Gasteiger partial charge in [0.2, 0.25) is 5.91 Å². The summed E-state index contributed by atoms with van der Waals surface area (Å²) in [4.78, 5) is 11.8. The van der Waals surface area contributed by atoms with Crippen LogP contribution in [0.5, 0.6) is 11.5 Å². The first-order valence-electron chi connectivity index (χ1n) is 9.95. The lowest BCUT2D eigenvalue weighted by molar-refractivity contribution is -0.121. The Hall–Kier alpha value is -2.04. The van der Waals surface area contributed by atoms with E-state index in [1.165, 1.54) is 51.2 Å². The van der Waals surface area contributed by atoms with Gasteiger partial charge in [0.1, 0.15) is 0 Å². The van der Waals surface area contributed by atoms with Crippen molar-refractivity contribution in [2.45, 2.75) is 78.1 Å². The second-order valence-corrected chi connectivity index (χ2v) is 6.50. The van der Waals surface area contributed by atoms with Gasteiger partial charge in [0, 0.05) is 12.0 Å². The maximum Gasteiger partial charge on any atom is 0.240 e. The summed E-state index contributed by atoms with van der Waals surface area (Å²) in [6.07, 6.45) is 13.0. The Morgan fingerprint density at radius 3 is 2.38 bits per heavy atom. The number of rotatable bonds is 14. The van der Waals surface area contributed by atoms with Crippen LogP contribution in [0.3, 0.4) is 0 Å². The quantitative estimate of drug-likeness (QED) is 0.273. The molecule has 0 aliphatic carbocycles. The predicted octanol–water partition coefficient (Wildman–Crippen LogP) is 5.16. The highest BCUT2D eigenvalue weighted by Gasteiger charge is 2.06. The molecule has 0 radical (unpaired) electrons. The second-order valence-electron chi connectivity index (χ2n) is 6.50. The normalized spacial score (nSPS) is 11.0. The maximum absolute atomic E-state index is 11.8. The molecule has 1 aromatic rings. The highest BCUT2D eigenvalue weighted by atomic mass is 16.5. The van der Waals surface area contributed by atoms with E-state index >= 15 is 0 Å². The zero-order valence-corrected chi connectivity index (χ0v) is 16.3. The third-order valence-corrected chi connectivity index (χ3v) is 4.23. The third-order valence-electron chi connectivity index (χ3n) is 4.23. The molecule has 2 N–H and O–H groups in total. The predicted molar refractivity (Wildman–Crippen MR) is 107 cm³/mol. The van der Waals surface area contributed by atoms with Crippen LogP contribution in [-0.2, 0) is 4.79 Å². The van der Waals surface area contributed by atoms with E-state index in [1.54, 1.807) is 18.2 Å². The van der Waals surface area contributed by atoms with Gasteiger partial charge in [-0.15, -0.1) is 0 Å². The van der Waals surface area contributed by atoms with Gasteiger partial charge in [0.15, 0.2) is 11.5 Å². The lowest BCUT2D eigenvalue weighted by atomic mass is 10.1. The Balaban J connectivity index is 2.16. The Kier molecular flexibility index (Phi) is 12.0. The summed E-state index contributed by atoms with van der Waals surface area (Å²) in [6, 6.07) is 5.18. The summed E-state index contributed by atoms with van der Waals surface area (Å²) in [5.41, 5.74) is 3.03. The van der Waals surface area contributed by atoms with Gasteiger partial charge in [-0.25, -0.2) is 5.43 Å². The smallest absolute Gasteiger partial charge is 0.240 e. The van der Waals surface area contributed by atoms with Gasteiger partial charge < -0.3 is 9.84 Å². The second kappa shape index (κ2) is 14.2. The number of hydrogen-bond acceptors (Lipinski definition) is 4. The third kappa shape index (κ3) is 9.44. The van der Waals surface area contributed by atoms with Crippen LogP contribution in [-0.4, -0.2) is 23.8 Å². The highest BCUT2D eigenvalue weighted by Crippen LogP contribution is 2.28. The summed E-state index contributed by atoms with van der Waals surface area (Å²) < 4.78 is 5.32. The van der Waals surface area contributed by atoms with E-state index in [1.807, 2.05) is 6.92 Å². The molecule has 0 saturated heterocycles. The molecular formula is C21H34N2O3. The molecular weight excluding hydrogens is 328 g/mol. The van der Waals surface area contributed by atoms with Gasteiger partial charge in [-0.2, -0.15) is 5.10 Å². The van der Waals surface area contributed by atoms with Crippen molar-refractivity contribution in [2.24, 2.45) is 5.10 Å². The van der Waals surface area contributed by atoms with Crippen LogP contribution in [0.2, 0.25) is 0 Å². The number of carbonyl (C=O) groups is 1. The molecule has 0 aliphatic heterocycles. The van der Waals surface area contributed by atoms with E-state index in [0.717, 1.165) is 12.8 Å². The van der Waals surface area contributed by atoms with Gasteiger partial charge in [0.25, 0.3) is 0 Å². The topological polar surface area (TPSA) is 70.9 Å². The van der Waals surface area contributed by atoms with Crippen molar-refractivity contribution in [2.75, 3.05) is 6.61 Å². The highest BCUT2D eigenvalue weighted by molar-refractivity contribution is 5.86. The number of ether oxygens (including phenoxy) is 1. The van der Waals surface area contributed by atoms with Gasteiger partial charge in [-0.05, 0) is 25.5 Å². The van der Waals surface area contributed by atoms with Crippen molar-refractivity contribution in [3.8, 4) is 11.5 Å². The van der Waals surface area contributed by atoms with Crippen LogP contribution in [0.1, 0.15) is 83.6 Å². The van der Waals surface area contributed by atoms with Crippen molar-refractivity contribution in [1.29, 1.82) is 0 Å². The van der Waals surface area contributed by atoms with Crippen molar-refractivity contribution < 1.29 is 14.6 Å². The van der Waals surface area contributed by atoms with E-state index in [9.17, 15) is 9.90 Å². The molecule has 0 atom stereocenters. The molecule has 0 unspecified atom stereocenters. The zero-order chi connectivity index (χ0) is 19.0. The number of aromatic hydroxyl groups is 1. The number of hydrazone groups is 1. The van der Waals surface area contributed by atoms with Crippen LogP contribution < -0.4 is 10.2 Å². The minimum atomic E-state index is -0.0929. The average molecular weight is 363 g/mol. The fourth-order valence-corrected chi connectivity index (χ4v) is 2.74. The van der Waals surface area contributed by atoms with E-state index in [0.29, 0.717) is 24.3 Å². The number of phenolic OH excluding ortho intramolecular Hbond substituents is 1. The van der Waals surface area contributed by atoms with Crippen LogP contribution >= 0.6 is 0 Å². The zero-order valence-electron chi connectivity index (χ0n) is 16.3. The molecule has 5 nitrogen and oxygen atoms in total. The first-order chi connectivity index (χ1) is 12.7. The van der Waals surface area contributed by atoms with Crippen molar-refractivity contribution in [3.05, 3.63) is 23.8 Å². The molecule has 0 bridgehead atoms. The molecule has 1 rings (SSSR count).